The fourth-order valence-corrected chi connectivity index (χ4v) is 3.46. The zero-order chi connectivity index (χ0) is 18.1. The van der Waals surface area contributed by atoms with Crippen LogP contribution in [0.4, 0.5) is 0 Å². The number of nitrogens with zero attached hydrogens (tertiary/aromatic N) is 3. The predicted octanol–water partition coefficient (Wildman–Crippen LogP) is -1.40. The van der Waals surface area contributed by atoms with E-state index in [1.807, 2.05) is 0 Å². The maximum Gasteiger partial charge on any atom is 0.283 e. The second kappa shape index (κ2) is 6.73. The summed E-state index contributed by atoms with van der Waals surface area (Å²) in [6.45, 7) is 2.13. The Morgan fingerprint density at radius 1 is 1.38 bits per heavy atom. The Bertz CT molecular complexity index is 1130. The lowest BCUT2D eigenvalue weighted by atomic mass is 10.3. The average molecular weight is 373 g/mol. The Morgan fingerprint density at radius 2 is 2.19 bits per heavy atom. The van der Waals surface area contributed by atoms with Crippen molar-refractivity contribution in [2.24, 2.45) is 0 Å². The standard InChI is InChI=1S/C16H15N5O4S/c17-14-11(8-10-2-1-5-25-10)15(23)18-16-21(14)19-12(26-16)9-13(22)20-3-6-24-7-4-20/h1-2,5,8-9,17,19H,3-4,6-7H2/b11-8-,12-9+,17-14?. The van der Waals surface area contributed by atoms with Crippen LogP contribution in [0, 0.1) is 5.41 Å². The molecule has 0 aromatic carbocycles. The first-order valence-electron chi connectivity index (χ1n) is 7.92. The van der Waals surface area contributed by atoms with Crippen LogP contribution in [0.15, 0.2) is 27.6 Å². The molecular formula is C16H15N5O4S. The predicted molar refractivity (Wildman–Crippen MR) is 92.5 cm³/mol. The third-order valence-electron chi connectivity index (χ3n) is 3.93. The number of aromatic nitrogens is 3. The van der Waals surface area contributed by atoms with Gasteiger partial charge in [-0.2, -0.15) is 4.98 Å². The molecule has 0 spiro atoms. The van der Waals surface area contributed by atoms with Gasteiger partial charge in [0.15, 0.2) is 5.49 Å². The molecule has 4 rings (SSSR count). The number of carbonyl (C=O) groups excluding carboxylic acids is 1. The molecule has 1 saturated heterocycles. The van der Waals surface area contributed by atoms with Crippen molar-refractivity contribution in [2.75, 3.05) is 26.3 Å². The van der Waals surface area contributed by atoms with E-state index in [1.54, 1.807) is 17.0 Å². The van der Waals surface area contributed by atoms with Crippen LogP contribution in [0.5, 0.6) is 0 Å². The van der Waals surface area contributed by atoms with E-state index in [0.717, 1.165) is 11.3 Å². The van der Waals surface area contributed by atoms with Crippen LogP contribution in [-0.4, -0.2) is 51.9 Å². The number of morpholine rings is 1. The van der Waals surface area contributed by atoms with E-state index >= 15 is 0 Å². The van der Waals surface area contributed by atoms with Crippen molar-refractivity contribution in [3.05, 3.63) is 49.9 Å². The number of rotatable bonds is 2. The normalized spacial score (nSPS) is 16.5. The van der Waals surface area contributed by atoms with Crippen LogP contribution < -0.4 is 20.9 Å². The zero-order valence-corrected chi connectivity index (χ0v) is 14.4. The molecule has 26 heavy (non-hydrogen) atoms. The lowest BCUT2D eigenvalue weighted by Gasteiger charge is -2.25. The van der Waals surface area contributed by atoms with Crippen molar-refractivity contribution in [3.63, 3.8) is 0 Å². The summed E-state index contributed by atoms with van der Waals surface area (Å²) in [5.41, 5.74) is -0.571. The van der Waals surface area contributed by atoms with Gasteiger partial charge in [-0.3, -0.25) is 20.1 Å². The van der Waals surface area contributed by atoms with Gasteiger partial charge in [0.05, 0.1) is 24.7 Å². The topological polar surface area (TPSA) is 117 Å². The summed E-state index contributed by atoms with van der Waals surface area (Å²) in [4.78, 5) is 30.2. The van der Waals surface area contributed by atoms with Gasteiger partial charge >= 0.3 is 0 Å². The highest BCUT2D eigenvalue weighted by Gasteiger charge is 2.16. The van der Waals surface area contributed by atoms with Gasteiger partial charge in [0.1, 0.15) is 10.4 Å². The fraction of sp³-hybridized carbons (Fsp3) is 0.250. The van der Waals surface area contributed by atoms with Crippen LogP contribution >= 0.6 is 11.3 Å². The molecule has 134 valence electrons. The number of amides is 1. The van der Waals surface area contributed by atoms with Gasteiger partial charge in [0.25, 0.3) is 5.56 Å². The van der Waals surface area contributed by atoms with Gasteiger partial charge < -0.3 is 14.1 Å². The second-order valence-electron chi connectivity index (χ2n) is 5.62. The Hall–Kier alpha value is -2.98. The van der Waals surface area contributed by atoms with Gasteiger partial charge in [-0.15, -0.1) is 0 Å². The smallest absolute Gasteiger partial charge is 0.283 e. The molecule has 1 fully saturated rings. The van der Waals surface area contributed by atoms with E-state index < -0.39 is 5.56 Å². The first kappa shape index (κ1) is 16.5. The van der Waals surface area contributed by atoms with Gasteiger partial charge in [-0.1, -0.05) is 11.3 Å². The molecule has 1 aromatic heterocycles. The minimum Gasteiger partial charge on any atom is -0.465 e. The number of ether oxygens (including phenoxy) is 1. The molecule has 0 atom stereocenters. The number of hydrogen-bond acceptors (Lipinski definition) is 7. The Morgan fingerprint density at radius 3 is 2.92 bits per heavy atom. The third-order valence-corrected chi connectivity index (χ3v) is 4.81. The number of hydrogen-bond donors (Lipinski definition) is 2. The minimum atomic E-state index is -0.521. The maximum absolute atomic E-state index is 12.3. The molecule has 0 bridgehead atoms. The third kappa shape index (κ3) is 3.11. The van der Waals surface area contributed by atoms with Crippen LogP contribution in [0.25, 0.3) is 17.3 Å². The van der Waals surface area contributed by atoms with Crippen molar-refractivity contribution in [2.45, 2.75) is 0 Å². The molecule has 0 radical (unpaired) electrons. The monoisotopic (exact) mass is 373 g/mol. The highest BCUT2D eigenvalue weighted by atomic mass is 32.1. The van der Waals surface area contributed by atoms with Gasteiger partial charge in [-0.05, 0) is 18.2 Å². The summed E-state index contributed by atoms with van der Waals surface area (Å²) in [5, 5.41) is 11.6. The van der Waals surface area contributed by atoms with Crippen molar-refractivity contribution < 1.29 is 13.9 Å². The molecule has 2 N–H and O–H groups in total. The van der Waals surface area contributed by atoms with Crippen molar-refractivity contribution in [1.82, 2.24) is 19.7 Å². The molecule has 3 aliphatic rings. The highest BCUT2D eigenvalue weighted by Crippen LogP contribution is 2.03. The number of aromatic amines is 1. The molecule has 0 saturated carbocycles. The Labute approximate surface area is 150 Å². The van der Waals surface area contributed by atoms with Crippen LogP contribution in [0.2, 0.25) is 0 Å². The van der Waals surface area contributed by atoms with E-state index in [9.17, 15) is 9.59 Å². The number of furan rings is 1. The van der Waals surface area contributed by atoms with E-state index in [0.29, 0.717) is 41.9 Å². The summed E-state index contributed by atoms with van der Waals surface area (Å²) < 4.78 is 12.3. The van der Waals surface area contributed by atoms with Crippen molar-refractivity contribution in [3.8, 4) is 5.13 Å². The molecule has 1 aromatic rings. The van der Waals surface area contributed by atoms with Gasteiger partial charge in [0, 0.05) is 19.2 Å². The number of carbonyl (C=O) groups is 1. The van der Waals surface area contributed by atoms with Gasteiger partial charge in [-0.25, -0.2) is 4.68 Å². The quantitative estimate of drug-likeness (QED) is 0.573. The number of nitrogens with one attached hydrogen (secondary N) is 2. The van der Waals surface area contributed by atoms with Gasteiger partial charge in [0.2, 0.25) is 11.0 Å². The molecular weight excluding hydrogens is 358 g/mol. The second-order valence-corrected chi connectivity index (χ2v) is 6.63. The Balaban J connectivity index is 1.79. The molecule has 0 aliphatic carbocycles. The molecule has 10 heteroatoms. The molecule has 0 unspecified atom stereocenters. The highest BCUT2D eigenvalue weighted by molar-refractivity contribution is 7.11. The van der Waals surface area contributed by atoms with Crippen LogP contribution in [0.1, 0.15) is 5.76 Å². The van der Waals surface area contributed by atoms with Crippen molar-refractivity contribution >= 4 is 29.4 Å². The van der Waals surface area contributed by atoms with E-state index in [1.165, 1.54) is 23.1 Å². The largest absolute Gasteiger partial charge is 0.465 e. The van der Waals surface area contributed by atoms with Crippen LogP contribution in [-0.2, 0) is 9.53 Å². The van der Waals surface area contributed by atoms with Crippen LogP contribution in [0.3, 0.4) is 0 Å². The fourth-order valence-electron chi connectivity index (χ4n) is 2.61. The van der Waals surface area contributed by atoms with Crippen molar-refractivity contribution in [1.29, 1.82) is 5.41 Å². The maximum atomic E-state index is 12.3. The average Bonchev–Trinajstić information content (AvgIpc) is 3.29. The van der Waals surface area contributed by atoms with E-state index in [-0.39, 0.29) is 16.6 Å². The first-order valence-corrected chi connectivity index (χ1v) is 8.73. The first-order chi connectivity index (χ1) is 12.6. The summed E-state index contributed by atoms with van der Waals surface area (Å²) in [6.07, 6.45) is 4.41. The SMILES string of the molecule is N=c1/c(=C/c2ccco2)c(=O)nc2s/c(=C/C(=O)N3CCOCC3)[nH]n1-2. The number of H-pyrrole nitrogens is 1. The lowest BCUT2D eigenvalue weighted by Crippen LogP contribution is -2.47. The van der Waals surface area contributed by atoms with E-state index in [2.05, 4.69) is 10.1 Å². The summed E-state index contributed by atoms with van der Waals surface area (Å²) in [7, 11) is 0. The summed E-state index contributed by atoms with van der Waals surface area (Å²) in [6, 6.07) is 3.38. The molecule has 3 aliphatic heterocycles. The Kier molecular flexibility index (Phi) is 4.27. The molecule has 9 nitrogen and oxygen atoms in total. The minimum absolute atomic E-state index is 0.0499. The van der Waals surface area contributed by atoms with E-state index in [4.69, 9.17) is 14.6 Å². The lowest BCUT2D eigenvalue weighted by molar-refractivity contribution is -0.128. The summed E-state index contributed by atoms with van der Waals surface area (Å²) in [5.74, 6) is 0.315. The zero-order valence-electron chi connectivity index (χ0n) is 13.6. The number of fused-ring (bicyclic) bond motifs is 1. The summed E-state index contributed by atoms with van der Waals surface area (Å²) >= 11 is 1.14. The molecule has 4 heterocycles. The molecule has 1 amide bonds.